The first-order valence-electron chi connectivity index (χ1n) is 5.03. The maximum Gasteiger partial charge on any atom is 0.195 e. The Hall–Kier alpha value is -0.830. The Labute approximate surface area is 77.7 Å². The summed E-state index contributed by atoms with van der Waals surface area (Å²) in [5, 5.41) is 0. The lowest BCUT2D eigenvalue weighted by Gasteiger charge is -2.47. The average molecular weight is 178 g/mol. The Kier molecular flexibility index (Phi) is 1.50. The highest BCUT2D eigenvalue weighted by molar-refractivity contribution is 5.08. The molecular weight excluding hydrogens is 164 g/mol. The third kappa shape index (κ3) is 1.03. The van der Waals surface area contributed by atoms with Crippen LogP contribution in [-0.4, -0.2) is 28.5 Å². The molecule has 1 aromatic rings. The van der Waals surface area contributed by atoms with Crippen LogP contribution >= 0.6 is 0 Å². The van der Waals surface area contributed by atoms with Crippen molar-refractivity contribution in [2.45, 2.75) is 31.2 Å². The van der Waals surface area contributed by atoms with Crippen molar-refractivity contribution in [3.63, 3.8) is 0 Å². The topological polar surface area (TPSA) is 29.3 Å². The van der Waals surface area contributed by atoms with E-state index in [1.54, 1.807) is 12.5 Å². The van der Waals surface area contributed by atoms with E-state index in [9.17, 15) is 0 Å². The molecule has 3 heterocycles. The van der Waals surface area contributed by atoms with Gasteiger partial charge in [-0.15, -0.1) is 0 Å². The largest absolute Gasteiger partial charge is 0.449 e. The van der Waals surface area contributed by atoms with Crippen LogP contribution < -0.4 is 0 Å². The van der Waals surface area contributed by atoms with Crippen LogP contribution in [0.5, 0.6) is 0 Å². The third-order valence-electron chi connectivity index (χ3n) is 3.55. The zero-order chi connectivity index (χ0) is 8.73. The number of hydrogen-bond donors (Lipinski definition) is 0. The van der Waals surface area contributed by atoms with E-state index in [1.807, 2.05) is 0 Å². The molecule has 0 N–H and O–H groups in total. The molecule has 0 spiro atoms. The molecule has 2 fully saturated rings. The third-order valence-corrected chi connectivity index (χ3v) is 3.55. The van der Waals surface area contributed by atoms with Gasteiger partial charge in [0.2, 0.25) is 0 Å². The van der Waals surface area contributed by atoms with Gasteiger partial charge in [0.05, 0.1) is 6.20 Å². The SMILES string of the molecule is c1coc(CC23CCCN2CC3)n1. The second-order valence-electron chi connectivity index (χ2n) is 4.17. The van der Waals surface area contributed by atoms with E-state index in [2.05, 4.69) is 9.88 Å². The van der Waals surface area contributed by atoms with Gasteiger partial charge >= 0.3 is 0 Å². The standard InChI is InChI=1S/C10H14N2O/c1-2-10(3-6-12(10)5-1)8-9-11-4-7-13-9/h4,7H,1-3,5-6,8H2. The molecule has 0 aromatic carbocycles. The highest BCUT2D eigenvalue weighted by Gasteiger charge is 2.48. The van der Waals surface area contributed by atoms with Gasteiger partial charge in [-0.25, -0.2) is 4.98 Å². The molecule has 2 aliphatic heterocycles. The summed E-state index contributed by atoms with van der Waals surface area (Å²) in [5.74, 6) is 0.909. The summed E-state index contributed by atoms with van der Waals surface area (Å²) in [4.78, 5) is 6.78. The molecule has 1 aromatic heterocycles. The molecule has 70 valence electrons. The van der Waals surface area contributed by atoms with E-state index in [0.717, 1.165) is 12.3 Å². The number of rotatable bonds is 2. The summed E-state index contributed by atoms with van der Waals surface area (Å²) in [7, 11) is 0. The molecule has 0 saturated carbocycles. The summed E-state index contributed by atoms with van der Waals surface area (Å²) in [6.45, 7) is 2.56. The zero-order valence-electron chi connectivity index (χ0n) is 7.70. The summed E-state index contributed by atoms with van der Waals surface area (Å²) >= 11 is 0. The lowest BCUT2D eigenvalue weighted by atomic mass is 9.82. The molecule has 1 unspecified atom stereocenters. The van der Waals surface area contributed by atoms with Crippen LogP contribution in [0, 0.1) is 0 Å². The summed E-state index contributed by atoms with van der Waals surface area (Å²) in [5.41, 5.74) is 0.435. The Bertz CT molecular complexity index is 296. The molecule has 2 aliphatic rings. The molecule has 0 aliphatic carbocycles. The highest BCUT2D eigenvalue weighted by atomic mass is 16.3. The molecule has 0 amide bonds. The lowest BCUT2D eigenvalue weighted by Crippen LogP contribution is -2.56. The minimum absolute atomic E-state index is 0.435. The van der Waals surface area contributed by atoms with Gasteiger partial charge in [0, 0.05) is 18.5 Å². The highest BCUT2D eigenvalue weighted by Crippen LogP contribution is 2.42. The van der Waals surface area contributed by atoms with Crippen molar-refractivity contribution >= 4 is 0 Å². The molecule has 1 atom stereocenters. The van der Waals surface area contributed by atoms with E-state index in [1.165, 1.54) is 32.4 Å². The maximum atomic E-state index is 5.31. The molecule has 13 heavy (non-hydrogen) atoms. The van der Waals surface area contributed by atoms with Crippen LogP contribution in [-0.2, 0) is 6.42 Å². The first kappa shape index (κ1) is 7.56. The van der Waals surface area contributed by atoms with Gasteiger partial charge in [-0.1, -0.05) is 0 Å². The molecule has 0 bridgehead atoms. The normalized spacial score (nSPS) is 32.9. The fourth-order valence-electron chi connectivity index (χ4n) is 2.73. The van der Waals surface area contributed by atoms with Gasteiger partial charge in [-0.3, -0.25) is 4.90 Å². The monoisotopic (exact) mass is 178 g/mol. The van der Waals surface area contributed by atoms with Gasteiger partial charge in [-0.05, 0) is 25.8 Å². The van der Waals surface area contributed by atoms with Crippen LogP contribution in [0.3, 0.4) is 0 Å². The minimum atomic E-state index is 0.435. The number of nitrogens with zero attached hydrogens (tertiary/aromatic N) is 2. The summed E-state index contributed by atoms with van der Waals surface area (Å²) < 4.78 is 5.31. The average Bonchev–Trinajstić information content (AvgIpc) is 2.68. The minimum Gasteiger partial charge on any atom is -0.449 e. The fourth-order valence-corrected chi connectivity index (χ4v) is 2.73. The smallest absolute Gasteiger partial charge is 0.195 e. The van der Waals surface area contributed by atoms with Crippen molar-refractivity contribution < 1.29 is 4.42 Å². The van der Waals surface area contributed by atoms with E-state index in [4.69, 9.17) is 4.42 Å². The van der Waals surface area contributed by atoms with Gasteiger partial charge in [0.25, 0.3) is 0 Å². The van der Waals surface area contributed by atoms with E-state index in [0.29, 0.717) is 5.54 Å². The zero-order valence-corrected chi connectivity index (χ0v) is 7.70. The van der Waals surface area contributed by atoms with Crippen LogP contribution in [0.15, 0.2) is 16.9 Å². The molecule has 2 saturated heterocycles. The fraction of sp³-hybridized carbons (Fsp3) is 0.700. The predicted molar refractivity (Wildman–Crippen MR) is 48.4 cm³/mol. The Balaban J connectivity index is 1.78. The summed E-state index contributed by atoms with van der Waals surface area (Å²) in [6.07, 6.45) is 8.43. The Morgan fingerprint density at radius 3 is 3.08 bits per heavy atom. The van der Waals surface area contributed by atoms with Crippen LogP contribution in [0.4, 0.5) is 0 Å². The van der Waals surface area contributed by atoms with Crippen molar-refractivity contribution in [1.82, 2.24) is 9.88 Å². The van der Waals surface area contributed by atoms with E-state index >= 15 is 0 Å². The van der Waals surface area contributed by atoms with Gasteiger partial charge in [0.1, 0.15) is 6.26 Å². The first-order chi connectivity index (χ1) is 6.39. The number of fused-ring (bicyclic) bond motifs is 1. The van der Waals surface area contributed by atoms with Crippen molar-refractivity contribution in [3.8, 4) is 0 Å². The van der Waals surface area contributed by atoms with Gasteiger partial charge < -0.3 is 4.42 Å². The van der Waals surface area contributed by atoms with Crippen LogP contribution in [0.2, 0.25) is 0 Å². The molecular formula is C10H14N2O. The second kappa shape index (κ2) is 2.58. The number of hydrogen-bond acceptors (Lipinski definition) is 3. The molecule has 3 nitrogen and oxygen atoms in total. The maximum absolute atomic E-state index is 5.31. The Morgan fingerprint density at radius 2 is 2.46 bits per heavy atom. The molecule has 3 rings (SSSR count). The predicted octanol–water partition coefficient (Wildman–Crippen LogP) is 1.46. The van der Waals surface area contributed by atoms with E-state index < -0.39 is 0 Å². The molecule has 0 radical (unpaired) electrons. The first-order valence-corrected chi connectivity index (χ1v) is 5.03. The molecule has 3 heteroatoms. The van der Waals surface area contributed by atoms with Crippen molar-refractivity contribution in [3.05, 3.63) is 18.4 Å². The van der Waals surface area contributed by atoms with Gasteiger partial charge in [0.15, 0.2) is 5.89 Å². The van der Waals surface area contributed by atoms with Crippen molar-refractivity contribution in [2.24, 2.45) is 0 Å². The second-order valence-corrected chi connectivity index (χ2v) is 4.17. The number of aromatic nitrogens is 1. The van der Waals surface area contributed by atoms with E-state index in [-0.39, 0.29) is 0 Å². The quantitative estimate of drug-likeness (QED) is 0.686. The van der Waals surface area contributed by atoms with Crippen molar-refractivity contribution in [2.75, 3.05) is 13.1 Å². The summed E-state index contributed by atoms with van der Waals surface area (Å²) in [6, 6.07) is 0. The Morgan fingerprint density at radius 1 is 1.46 bits per heavy atom. The van der Waals surface area contributed by atoms with Crippen molar-refractivity contribution in [1.29, 1.82) is 0 Å². The van der Waals surface area contributed by atoms with Gasteiger partial charge in [-0.2, -0.15) is 0 Å². The lowest BCUT2D eigenvalue weighted by molar-refractivity contribution is 0.0228. The van der Waals surface area contributed by atoms with Crippen LogP contribution in [0.1, 0.15) is 25.2 Å². The number of oxazole rings is 1. The van der Waals surface area contributed by atoms with Crippen LogP contribution in [0.25, 0.3) is 0 Å².